The molecule has 3 aliphatic rings. The van der Waals surface area contributed by atoms with E-state index in [1.54, 1.807) is 0 Å². The molecule has 5 nitrogen and oxygen atoms in total. The van der Waals surface area contributed by atoms with E-state index >= 15 is 0 Å². The summed E-state index contributed by atoms with van der Waals surface area (Å²) in [5.41, 5.74) is 1.45. The predicted octanol–water partition coefficient (Wildman–Crippen LogP) is 3.00. The first-order chi connectivity index (χ1) is 13.3. The Morgan fingerprint density at radius 1 is 1.18 bits per heavy atom. The second-order valence-electron chi connectivity index (χ2n) is 8.23. The Hall–Kier alpha value is -0.860. The molecule has 1 aromatic rings. The van der Waals surface area contributed by atoms with Gasteiger partial charge in [-0.25, -0.2) is 0 Å². The van der Waals surface area contributed by atoms with Crippen LogP contribution in [-0.2, 0) is 11.2 Å². The van der Waals surface area contributed by atoms with E-state index in [9.17, 15) is 0 Å². The van der Waals surface area contributed by atoms with E-state index in [2.05, 4.69) is 52.4 Å². The van der Waals surface area contributed by atoms with Crippen LogP contribution in [-0.4, -0.2) is 73.8 Å². The highest BCUT2D eigenvalue weighted by molar-refractivity contribution is 14.0. The molecule has 1 aromatic carbocycles. The first-order valence-corrected chi connectivity index (χ1v) is 10.7. The second kappa shape index (κ2) is 10.8. The number of halogens is 1. The fraction of sp³-hybridized carbons (Fsp3) is 0.682. The maximum absolute atomic E-state index is 6.09. The van der Waals surface area contributed by atoms with Crippen molar-refractivity contribution in [2.24, 2.45) is 10.9 Å². The van der Waals surface area contributed by atoms with Crippen LogP contribution in [0.2, 0.25) is 0 Å². The summed E-state index contributed by atoms with van der Waals surface area (Å²) in [7, 11) is 0. The van der Waals surface area contributed by atoms with E-state index in [-0.39, 0.29) is 30.1 Å². The molecule has 1 N–H and O–H groups in total. The normalized spacial score (nSPS) is 28.1. The van der Waals surface area contributed by atoms with Crippen molar-refractivity contribution in [3.63, 3.8) is 0 Å². The number of ether oxygens (including phenoxy) is 1. The van der Waals surface area contributed by atoms with Crippen molar-refractivity contribution < 1.29 is 4.74 Å². The molecular weight excluding hydrogens is 463 g/mol. The molecule has 28 heavy (non-hydrogen) atoms. The van der Waals surface area contributed by atoms with Gasteiger partial charge >= 0.3 is 0 Å². The van der Waals surface area contributed by atoms with Gasteiger partial charge in [-0.15, -0.1) is 24.0 Å². The van der Waals surface area contributed by atoms with E-state index < -0.39 is 0 Å². The lowest BCUT2D eigenvalue weighted by Crippen LogP contribution is -2.48. The smallest absolute Gasteiger partial charge is 0.194 e. The Labute approximate surface area is 186 Å². The molecular formula is C22H35IN4O. The quantitative estimate of drug-likeness (QED) is 0.385. The van der Waals surface area contributed by atoms with Gasteiger partial charge in [-0.3, -0.25) is 9.89 Å². The number of guanidine groups is 1. The van der Waals surface area contributed by atoms with Crippen molar-refractivity contribution in [3.8, 4) is 0 Å². The SMILES string of the molecule is CCNC(=NCC1CN2CCCC2CO1)N1CCC(Cc2ccccc2)C1.I. The largest absolute Gasteiger partial charge is 0.373 e. The molecule has 3 saturated heterocycles. The molecule has 0 aliphatic carbocycles. The number of rotatable bonds is 5. The van der Waals surface area contributed by atoms with Crippen LogP contribution in [0.15, 0.2) is 35.3 Å². The van der Waals surface area contributed by atoms with Crippen LogP contribution in [0, 0.1) is 5.92 Å². The summed E-state index contributed by atoms with van der Waals surface area (Å²) in [4.78, 5) is 10.00. The molecule has 3 fully saturated rings. The standard InChI is InChI=1S/C22H34N4O.HI/c1-2-23-22(24-14-21-16-25-11-6-9-20(25)17-27-21)26-12-10-19(15-26)13-18-7-4-3-5-8-18;/h3-5,7-8,19-21H,2,6,9-17H2,1H3,(H,23,24);1H. The van der Waals surface area contributed by atoms with Crippen LogP contribution < -0.4 is 5.32 Å². The first kappa shape index (κ1) is 21.8. The fourth-order valence-electron chi connectivity index (χ4n) is 4.75. The minimum absolute atomic E-state index is 0. The zero-order valence-corrected chi connectivity index (χ0v) is 19.4. The van der Waals surface area contributed by atoms with Crippen LogP contribution in [0.1, 0.15) is 31.7 Å². The lowest BCUT2D eigenvalue weighted by Gasteiger charge is -2.34. The van der Waals surface area contributed by atoms with Gasteiger partial charge in [0.1, 0.15) is 0 Å². The topological polar surface area (TPSA) is 40.1 Å². The summed E-state index contributed by atoms with van der Waals surface area (Å²) in [6, 6.07) is 11.5. The van der Waals surface area contributed by atoms with Crippen molar-refractivity contribution in [2.75, 3.05) is 45.9 Å². The lowest BCUT2D eigenvalue weighted by molar-refractivity contribution is -0.0432. The Balaban J connectivity index is 0.00000225. The van der Waals surface area contributed by atoms with Crippen LogP contribution in [0.5, 0.6) is 0 Å². The molecule has 0 spiro atoms. The van der Waals surface area contributed by atoms with Gasteiger partial charge in [0.15, 0.2) is 5.96 Å². The Morgan fingerprint density at radius 3 is 2.86 bits per heavy atom. The van der Waals surface area contributed by atoms with Crippen molar-refractivity contribution in [3.05, 3.63) is 35.9 Å². The number of benzene rings is 1. The molecule has 0 bridgehead atoms. The molecule has 6 heteroatoms. The molecule has 3 aliphatic heterocycles. The summed E-state index contributed by atoms with van der Waals surface area (Å²) < 4.78 is 6.09. The van der Waals surface area contributed by atoms with Crippen LogP contribution in [0.3, 0.4) is 0 Å². The van der Waals surface area contributed by atoms with E-state index in [0.717, 1.165) is 45.3 Å². The van der Waals surface area contributed by atoms with Gasteiger partial charge in [0, 0.05) is 32.2 Å². The molecule has 4 rings (SSSR count). The van der Waals surface area contributed by atoms with Crippen molar-refractivity contribution >= 4 is 29.9 Å². The van der Waals surface area contributed by atoms with E-state index in [0.29, 0.717) is 12.0 Å². The molecule has 0 radical (unpaired) electrons. The van der Waals surface area contributed by atoms with Gasteiger partial charge in [-0.05, 0) is 50.6 Å². The van der Waals surface area contributed by atoms with Gasteiger partial charge in [0.05, 0.1) is 19.3 Å². The number of morpholine rings is 1. The van der Waals surface area contributed by atoms with Crippen LogP contribution in [0.25, 0.3) is 0 Å². The number of nitrogens with zero attached hydrogens (tertiary/aromatic N) is 3. The number of hydrogen-bond donors (Lipinski definition) is 1. The lowest BCUT2D eigenvalue weighted by atomic mass is 9.99. The van der Waals surface area contributed by atoms with Gasteiger partial charge in [0.2, 0.25) is 0 Å². The van der Waals surface area contributed by atoms with E-state index in [1.165, 1.54) is 37.8 Å². The number of fused-ring (bicyclic) bond motifs is 1. The molecule has 156 valence electrons. The highest BCUT2D eigenvalue weighted by Crippen LogP contribution is 2.23. The van der Waals surface area contributed by atoms with Crippen molar-refractivity contribution in [1.82, 2.24) is 15.1 Å². The highest BCUT2D eigenvalue weighted by Gasteiger charge is 2.32. The summed E-state index contributed by atoms with van der Waals surface area (Å²) in [5.74, 6) is 1.78. The third kappa shape index (κ3) is 5.60. The van der Waals surface area contributed by atoms with Crippen LogP contribution >= 0.6 is 24.0 Å². The van der Waals surface area contributed by atoms with Gasteiger partial charge in [-0.2, -0.15) is 0 Å². The van der Waals surface area contributed by atoms with E-state index in [4.69, 9.17) is 9.73 Å². The number of aliphatic imine (C=N–C) groups is 1. The zero-order chi connectivity index (χ0) is 18.5. The molecule has 0 aromatic heterocycles. The van der Waals surface area contributed by atoms with E-state index in [1.807, 2.05) is 0 Å². The minimum Gasteiger partial charge on any atom is -0.373 e. The number of hydrogen-bond acceptors (Lipinski definition) is 3. The molecule has 3 unspecified atom stereocenters. The Morgan fingerprint density at radius 2 is 2.04 bits per heavy atom. The second-order valence-corrected chi connectivity index (χ2v) is 8.23. The molecule has 0 saturated carbocycles. The summed E-state index contributed by atoms with van der Waals surface area (Å²) in [6.45, 7) is 9.21. The van der Waals surface area contributed by atoms with Gasteiger partial charge < -0.3 is 15.0 Å². The zero-order valence-electron chi connectivity index (χ0n) is 17.1. The first-order valence-electron chi connectivity index (χ1n) is 10.7. The Bertz CT molecular complexity index is 626. The fourth-order valence-corrected chi connectivity index (χ4v) is 4.75. The Kier molecular flexibility index (Phi) is 8.41. The third-order valence-electron chi connectivity index (χ3n) is 6.19. The maximum atomic E-state index is 6.09. The summed E-state index contributed by atoms with van der Waals surface area (Å²) in [6.07, 6.45) is 5.28. The average molecular weight is 498 g/mol. The average Bonchev–Trinajstić information content (AvgIpc) is 3.35. The summed E-state index contributed by atoms with van der Waals surface area (Å²) >= 11 is 0. The van der Waals surface area contributed by atoms with Crippen molar-refractivity contribution in [2.45, 2.75) is 44.8 Å². The highest BCUT2D eigenvalue weighted by atomic mass is 127. The van der Waals surface area contributed by atoms with Crippen LogP contribution in [0.4, 0.5) is 0 Å². The minimum atomic E-state index is 0. The third-order valence-corrected chi connectivity index (χ3v) is 6.19. The predicted molar refractivity (Wildman–Crippen MR) is 126 cm³/mol. The molecule has 3 heterocycles. The van der Waals surface area contributed by atoms with Crippen molar-refractivity contribution in [1.29, 1.82) is 0 Å². The molecule has 3 atom stereocenters. The maximum Gasteiger partial charge on any atom is 0.194 e. The number of nitrogens with one attached hydrogen (secondary N) is 1. The van der Waals surface area contributed by atoms with Gasteiger partial charge in [-0.1, -0.05) is 30.3 Å². The monoisotopic (exact) mass is 498 g/mol. The molecule has 0 amide bonds. The van der Waals surface area contributed by atoms with Gasteiger partial charge in [0.25, 0.3) is 0 Å². The number of likely N-dealkylation sites (tertiary alicyclic amines) is 1. The summed E-state index contributed by atoms with van der Waals surface area (Å²) in [5, 5.41) is 3.50.